The van der Waals surface area contributed by atoms with Gasteiger partial charge in [0.2, 0.25) is 0 Å². The van der Waals surface area contributed by atoms with Gasteiger partial charge in [0.15, 0.2) is 0 Å². The van der Waals surface area contributed by atoms with E-state index in [0.717, 1.165) is 17.7 Å². The van der Waals surface area contributed by atoms with E-state index in [2.05, 4.69) is 5.10 Å². The van der Waals surface area contributed by atoms with Gasteiger partial charge in [-0.3, -0.25) is 4.79 Å². The van der Waals surface area contributed by atoms with Gasteiger partial charge in [0, 0.05) is 36.7 Å². The maximum absolute atomic E-state index is 12.0. The minimum absolute atomic E-state index is 0.0361. The van der Waals surface area contributed by atoms with E-state index in [9.17, 15) is 4.79 Å². The first-order valence-electron chi connectivity index (χ1n) is 8.86. The Bertz CT molecular complexity index is 835. The Labute approximate surface area is 147 Å². The molecular formula is C18H24BN3O3. The fourth-order valence-corrected chi connectivity index (χ4v) is 2.95. The minimum Gasteiger partial charge on any atom is -0.399 e. The molecule has 2 aromatic rings. The fourth-order valence-electron chi connectivity index (χ4n) is 2.95. The molecule has 0 radical (unpaired) electrons. The molecule has 7 heteroatoms. The van der Waals surface area contributed by atoms with Gasteiger partial charge in [0.05, 0.1) is 16.9 Å². The molecule has 0 atom stereocenters. The SMILES string of the molecule is CC1(C)OB(c2cnn(-c3ccc(=O)n(CC4CC4)c3)c2)OC1(C)C. The van der Waals surface area contributed by atoms with Crippen LogP contribution in [0.15, 0.2) is 35.5 Å². The van der Waals surface area contributed by atoms with E-state index in [1.807, 2.05) is 40.1 Å². The van der Waals surface area contributed by atoms with Gasteiger partial charge < -0.3 is 13.9 Å². The quantitative estimate of drug-likeness (QED) is 0.795. The van der Waals surface area contributed by atoms with E-state index in [1.54, 1.807) is 27.6 Å². The lowest BCUT2D eigenvalue weighted by Gasteiger charge is -2.32. The second-order valence-corrected chi connectivity index (χ2v) is 8.13. The average Bonchev–Trinajstić information content (AvgIpc) is 3.14. The van der Waals surface area contributed by atoms with Gasteiger partial charge in [0.1, 0.15) is 0 Å². The lowest BCUT2D eigenvalue weighted by molar-refractivity contribution is 0.00578. The van der Waals surface area contributed by atoms with Crippen LogP contribution in [0.5, 0.6) is 0 Å². The standard InChI is InChI=1S/C18H24BN3O3/c1-17(2)18(3,4)25-19(24-17)14-9-20-22(11-14)15-7-8-16(23)21(12-15)10-13-5-6-13/h7-9,11-13H,5-6,10H2,1-4H3. The average molecular weight is 341 g/mol. The number of aromatic nitrogens is 3. The fraction of sp³-hybridized carbons (Fsp3) is 0.556. The van der Waals surface area contributed by atoms with Gasteiger partial charge >= 0.3 is 7.12 Å². The highest BCUT2D eigenvalue weighted by Crippen LogP contribution is 2.36. The van der Waals surface area contributed by atoms with Gasteiger partial charge in [-0.25, -0.2) is 4.68 Å². The number of rotatable bonds is 4. The Hall–Kier alpha value is -1.86. The van der Waals surface area contributed by atoms with E-state index in [-0.39, 0.29) is 16.8 Å². The maximum atomic E-state index is 12.0. The summed E-state index contributed by atoms with van der Waals surface area (Å²) >= 11 is 0. The van der Waals surface area contributed by atoms with E-state index in [0.29, 0.717) is 5.92 Å². The lowest BCUT2D eigenvalue weighted by atomic mass is 9.82. The summed E-state index contributed by atoms with van der Waals surface area (Å²) in [5.74, 6) is 0.644. The van der Waals surface area contributed by atoms with Crippen LogP contribution in [0, 0.1) is 5.92 Å². The molecule has 0 N–H and O–H groups in total. The van der Waals surface area contributed by atoms with E-state index >= 15 is 0 Å². The molecule has 2 fully saturated rings. The number of nitrogens with zero attached hydrogens (tertiary/aromatic N) is 3. The molecule has 132 valence electrons. The number of hydrogen-bond acceptors (Lipinski definition) is 4. The number of pyridine rings is 1. The molecule has 2 aliphatic rings. The zero-order valence-corrected chi connectivity index (χ0v) is 15.2. The molecular weight excluding hydrogens is 317 g/mol. The Balaban J connectivity index is 1.59. The zero-order chi connectivity index (χ0) is 17.8. The molecule has 1 saturated carbocycles. The molecule has 6 nitrogen and oxygen atoms in total. The molecule has 0 unspecified atom stereocenters. The van der Waals surface area contributed by atoms with Crippen LogP contribution in [-0.2, 0) is 15.9 Å². The molecule has 3 heterocycles. The molecule has 0 spiro atoms. The van der Waals surface area contributed by atoms with Crippen molar-refractivity contribution in [3.63, 3.8) is 0 Å². The second-order valence-electron chi connectivity index (χ2n) is 8.13. The van der Waals surface area contributed by atoms with Crippen LogP contribution in [0.2, 0.25) is 0 Å². The maximum Gasteiger partial charge on any atom is 0.498 e. The lowest BCUT2D eigenvalue weighted by Crippen LogP contribution is -2.41. The molecule has 25 heavy (non-hydrogen) atoms. The highest BCUT2D eigenvalue weighted by atomic mass is 16.7. The summed E-state index contributed by atoms with van der Waals surface area (Å²) < 4.78 is 15.7. The predicted octanol–water partition coefficient (Wildman–Crippen LogP) is 1.74. The van der Waals surface area contributed by atoms with Gasteiger partial charge in [-0.05, 0) is 52.5 Å². The van der Waals surface area contributed by atoms with Crippen molar-refractivity contribution in [3.8, 4) is 5.69 Å². The van der Waals surface area contributed by atoms with Crippen molar-refractivity contribution in [2.75, 3.05) is 0 Å². The summed E-state index contributed by atoms with van der Waals surface area (Å²) in [4.78, 5) is 12.0. The van der Waals surface area contributed by atoms with Crippen LogP contribution >= 0.6 is 0 Å². The summed E-state index contributed by atoms with van der Waals surface area (Å²) in [5.41, 5.74) is 1.02. The van der Waals surface area contributed by atoms with Crippen molar-refractivity contribution in [2.45, 2.75) is 58.3 Å². The molecule has 0 bridgehead atoms. The van der Waals surface area contributed by atoms with Crippen LogP contribution in [0.3, 0.4) is 0 Å². The van der Waals surface area contributed by atoms with Gasteiger partial charge in [-0.2, -0.15) is 5.10 Å². The van der Waals surface area contributed by atoms with Crippen molar-refractivity contribution >= 4 is 12.6 Å². The van der Waals surface area contributed by atoms with Crippen LogP contribution in [0.1, 0.15) is 40.5 Å². The van der Waals surface area contributed by atoms with Crippen molar-refractivity contribution in [1.82, 2.24) is 14.3 Å². The molecule has 4 rings (SSSR count). The van der Waals surface area contributed by atoms with Crippen molar-refractivity contribution in [2.24, 2.45) is 5.92 Å². The topological polar surface area (TPSA) is 58.3 Å². The molecule has 1 aliphatic heterocycles. The Morgan fingerprint density at radius 2 is 1.84 bits per heavy atom. The first kappa shape index (κ1) is 16.6. The Morgan fingerprint density at radius 3 is 2.48 bits per heavy atom. The van der Waals surface area contributed by atoms with Crippen molar-refractivity contribution in [1.29, 1.82) is 0 Å². The number of hydrogen-bond donors (Lipinski definition) is 0. The van der Waals surface area contributed by atoms with Gasteiger partial charge in [-0.1, -0.05) is 0 Å². The van der Waals surface area contributed by atoms with Gasteiger partial charge in [0.25, 0.3) is 5.56 Å². The van der Waals surface area contributed by atoms with Crippen LogP contribution in [0.25, 0.3) is 5.69 Å². The predicted molar refractivity (Wildman–Crippen MR) is 96.3 cm³/mol. The minimum atomic E-state index is -0.434. The third-order valence-corrected chi connectivity index (χ3v) is 5.51. The Kier molecular flexibility index (Phi) is 3.70. The Morgan fingerprint density at radius 1 is 1.16 bits per heavy atom. The van der Waals surface area contributed by atoms with E-state index in [1.165, 1.54) is 12.8 Å². The highest BCUT2D eigenvalue weighted by molar-refractivity contribution is 6.62. The third kappa shape index (κ3) is 3.07. The smallest absolute Gasteiger partial charge is 0.399 e. The molecule has 2 aromatic heterocycles. The first-order chi connectivity index (χ1) is 11.7. The van der Waals surface area contributed by atoms with Gasteiger partial charge in [-0.15, -0.1) is 0 Å². The summed E-state index contributed by atoms with van der Waals surface area (Å²) in [6.45, 7) is 8.92. The highest BCUT2D eigenvalue weighted by Gasteiger charge is 2.52. The molecule has 0 aromatic carbocycles. The first-order valence-corrected chi connectivity index (χ1v) is 8.86. The van der Waals surface area contributed by atoms with Crippen molar-refractivity contribution in [3.05, 3.63) is 41.1 Å². The summed E-state index contributed by atoms with van der Waals surface area (Å²) in [6.07, 6.45) is 7.97. The van der Waals surface area contributed by atoms with Crippen LogP contribution in [0.4, 0.5) is 0 Å². The molecule has 1 saturated heterocycles. The van der Waals surface area contributed by atoms with E-state index in [4.69, 9.17) is 9.31 Å². The zero-order valence-electron chi connectivity index (χ0n) is 15.2. The summed E-state index contributed by atoms with van der Waals surface area (Å²) in [6, 6.07) is 3.40. The summed E-state index contributed by atoms with van der Waals surface area (Å²) in [5, 5.41) is 4.43. The van der Waals surface area contributed by atoms with E-state index < -0.39 is 7.12 Å². The van der Waals surface area contributed by atoms with Crippen molar-refractivity contribution < 1.29 is 9.31 Å². The molecule has 1 aliphatic carbocycles. The summed E-state index contributed by atoms with van der Waals surface area (Å²) in [7, 11) is -0.434. The normalized spacial score (nSPS) is 21.7. The largest absolute Gasteiger partial charge is 0.498 e. The van der Waals surface area contributed by atoms with Crippen LogP contribution < -0.4 is 11.0 Å². The van der Waals surface area contributed by atoms with Crippen LogP contribution in [-0.4, -0.2) is 32.7 Å². The molecule has 0 amide bonds. The third-order valence-electron chi connectivity index (χ3n) is 5.51. The second kappa shape index (κ2) is 5.57. The monoisotopic (exact) mass is 341 g/mol.